The lowest BCUT2D eigenvalue weighted by Crippen LogP contribution is -2.39. The second kappa shape index (κ2) is 11.6. The molecule has 0 saturated heterocycles. The highest BCUT2D eigenvalue weighted by Crippen LogP contribution is 2.32. The number of hydrogen-bond donors (Lipinski definition) is 0. The van der Waals surface area contributed by atoms with Gasteiger partial charge in [0.05, 0.1) is 35.1 Å². The van der Waals surface area contributed by atoms with Crippen LogP contribution in [0.3, 0.4) is 0 Å². The van der Waals surface area contributed by atoms with E-state index in [1.807, 2.05) is 67.6 Å². The molecule has 1 aromatic heterocycles. The van der Waals surface area contributed by atoms with Gasteiger partial charge in [0.1, 0.15) is 17.6 Å². The van der Waals surface area contributed by atoms with Crippen LogP contribution in [0.5, 0.6) is 11.5 Å². The largest absolute Gasteiger partial charge is 0.494 e. The number of hydrogen-bond acceptors (Lipinski definition) is 8. The molecule has 0 bridgehead atoms. The molecule has 0 fully saturated rings. The lowest BCUT2D eigenvalue weighted by Gasteiger charge is -2.24. The highest BCUT2D eigenvalue weighted by atomic mass is 32.1. The van der Waals surface area contributed by atoms with E-state index in [2.05, 4.69) is 4.99 Å². The maximum atomic E-state index is 14.1. The number of allylic oxidation sites excluding steroid dienone is 1. The van der Waals surface area contributed by atoms with E-state index in [0.717, 1.165) is 16.3 Å². The van der Waals surface area contributed by atoms with E-state index in [-0.39, 0.29) is 18.8 Å². The van der Waals surface area contributed by atoms with Gasteiger partial charge in [-0.2, -0.15) is 5.26 Å². The lowest BCUT2D eigenvalue weighted by molar-refractivity contribution is -0.139. The van der Waals surface area contributed by atoms with Gasteiger partial charge in [-0.1, -0.05) is 53.8 Å². The summed E-state index contributed by atoms with van der Waals surface area (Å²) in [5, 5.41) is 10.9. The van der Waals surface area contributed by atoms with Crippen LogP contribution in [0.25, 0.3) is 16.8 Å². The normalized spacial score (nSPS) is 14.8. The van der Waals surface area contributed by atoms with E-state index in [0.29, 0.717) is 44.3 Å². The first kappa shape index (κ1) is 26.9. The SMILES string of the molecule is CCOC(=O)C1=C(C)N=c2s/c(=C\c3c(OCC#N)ccc4ccccc34)c(=O)n2[C@@H]1c1ccc(OCC)cc1. The number of rotatable bonds is 8. The second-order valence-corrected chi connectivity index (χ2v) is 9.96. The third-order valence-corrected chi connectivity index (χ3v) is 7.51. The van der Waals surface area contributed by atoms with Gasteiger partial charge < -0.3 is 14.2 Å². The summed E-state index contributed by atoms with van der Waals surface area (Å²) in [7, 11) is 0. The first-order valence-electron chi connectivity index (χ1n) is 12.9. The average Bonchev–Trinajstić information content (AvgIpc) is 3.26. The minimum absolute atomic E-state index is 0.125. The Balaban J connectivity index is 1.74. The van der Waals surface area contributed by atoms with Gasteiger partial charge in [-0.3, -0.25) is 9.36 Å². The molecule has 8 nitrogen and oxygen atoms in total. The van der Waals surface area contributed by atoms with Gasteiger partial charge in [0.25, 0.3) is 5.56 Å². The number of nitriles is 1. The molecule has 0 N–H and O–H groups in total. The first-order valence-corrected chi connectivity index (χ1v) is 13.7. The Morgan fingerprint density at radius 1 is 1.07 bits per heavy atom. The van der Waals surface area contributed by atoms with Gasteiger partial charge in [-0.05, 0) is 61.4 Å². The van der Waals surface area contributed by atoms with Gasteiger partial charge in [0.15, 0.2) is 11.4 Å². The van der Waals surface area contributed by atoms with Crippen LogP contribution in [-0.2, 0) is 9.53 Å². The molecule has 0 radical (unpaired) electrons. The summed E-state index contributed by atoms with van der Waals surface area (Å²) in [5.41, 5.74) is 1.94. The molecule has 3 aromatic carbocycles. The lowest BCUT2D eigenvalue weighted by atomic mass is 9.96. The molecule has 4 aromatic rings. The number of carbonyl (C=O) groups is 1. The molecular formula is C31H27N3O5S. The van der Waals surface area contributed by atoms with Crippen molar-refractivity contribution in [2.75, 3.05) is 19.8 Å². The van der Waals surface area contributed by atoms with Crippen molar-refractivity contribution in [2.45, 2.75) is 26.8 Å². The van der Waals surface area contributed by atoms with Crippen molar-refractivity contribution < 1.29 is 19.0 Å². The zero-order valence-electron chi connectivity index (χ0n) is 22.3. The molecule has 1 aliphatic heterocycles. The average molecular weight is 554 g/mol. The van der Waals surface area contributed by atoms with Crippen molar-refractivity contribution in [1.82, 2.24) is 4.57 Å². The summed E-state index contributed by atoms with van der Waals surface area (Å²) < 4.78 is 18.7. The van der Waals surface area contributed by atoms with Gasteiger partial charge in [0.2, 0.25) is 0 Å². The summed E-state index contributed by atoms with van der Waals surface area (Å²) in [5.74, 6) is 0.675. The number of benzene rings is 3. The van der Waals surface area contributed by atoms with Crippen molar-refractivity contribution >= 4 is 34.2 Å². The molecule has 0 saturated carbocycles. The predicted octanol–water partition coefficient (Wildman–Crippen LogP) is 4.25. The smallest absolute Gasteiger partial charge is 0.338 e. The number of carbonyl (C=O) groups excluding carboxylic acids is 1. The summed E-state index contributed by atoms with van der Waals surface area (Å²) in [6.45, 7) is 6.00. The number of ether oxygens (including phenoxy) is 3. The Kier molecular flexibility index (Phi) is 7.80. The maximum Gasteiger partial charge on any atom is 0.338 e. The Morgan fingerprint density at radius 3 is 2.58 bits per heavy atom. The molecule has 40 heavy (non-hydrogen) atoms. The highest BCUT2D eigenvalue weighted by Gasteiger charge is 2.33. The molecule has 202 valence electrons. The predicted molar refractivity (Wildman–Crippen MR) is 153 cm³/mol. The van der Waals surface area contributed by atoms with Gasteiger partial charge in [0, 0.05) is 5.56 Å². The zero-order chi connectivity index (χ0) is 28.2. The van der Waals surface area contributed by atoms with Crippen LogP contribution in [0, 0.1) is 11.3 Å². The van der Waals surface area contributed by atoms with E-state index in [1.54, 1.807) is 30.6 Å². The Bertz CT molecular complexity index is 1850. The van der Waals surface area contributed by atoms with Crippen molar-refractivity contribution in [2.24, 2.45) is 4.99 Å². The third kappa shape index (κ3) is 5.01. The molecule has 5 rings (SSSR count). The molecule has 0 amide bonds. The van der Waals surface area contributed by atoms with Crippen LogP contribution >= 0.6 is 11.3 Å². The zero-order valence-corrected chi connectivity index (χ0v) is 23.2. The molecule has 0 aliphatic carbocycles. The molecule has 2 heterocycles. The van der Waals surface area contributed by atoms with E-state index in [1.165, 1.54) is 11.3 Å². The minimum Gasteiger partial charge on any atom is -0.494 e. The quantitative estimate of drug-likeness (QED) is 0.302. The number of aromatic nitrogens is 1. The number of esters is 1. The Hall–Kier alpha value is -4.68. The van der Waals surface area contributed by atoms with E-state index >= 15 is 0 Å². The number of thiazole rings is 1. The molecule has 1 aliphatic rings. The summed E-state index contributed by atoms with van der Waals surface area (Å²) in [6, 6.07) is 20.1. The van der Waals surface area contributed by atoms with Crippen molar-refractivity contribution in [3.8, 4) is 17.6 Å². The van der Waals surface area contributed by atoms with Gasteiger partial charge >= 0.3 is 5.97 Å². The van der Waals surface area contributed by atoms with E-state index < -0.39 is 12.0 Å². The monoisotopic (exact) mass is 553 g/mol. The number of fused-ring (bicyclic) bond motifs is 2. The van der Waals surface area contributed by atoms with Crippen LogP contribution in [0.1, 0.15) is 37.9 Å². The van der Waals surface area contributed by atoms with Gasteiger partial charge in [-0.15, -0.1) is 0 Å². The van der Waals surface area contributed by atoms with Crippen LogP contribution in [-0.4, -0.2) is 30.4 Å². The number of nitrogens with zero attached hydrogens (tertiary/aromatic N) is 3. The summed E-state index contributed by atoms with van der Waals surface area (Å²) in [6.07, 6.45) is 1.78. The fraction of sp³-hybridized carbons (Fsp3) is 0.226. The second-order valence-electron chi connectivity index (χ2n) is 8.95. The fourth-order valence-corrected chi connectivity index (χ4v) is 5.84. The summed E-state index contributed by atoms with van der Waals surface area (Å²) in [4.78, 5) is 32.3. The first-order chi connectivity index (χ1) is 19.5. The fourth-order valence-electron chi connectivity index (χ4n) is 4.81. The van der Waals surface area contributed by atoms with E-state index in [9.17, 15) is 9.59 Å². The van der Waals surface area contributed by atoms with Crippen molar-refractivity contribution in [3.63, 3.8) is 0 Å². The van der Waals surface area contributed by atoms with Crippen LogP contribution in [0.4, 0.5) is 0 Å². The molecule has 0 unspecified atom stereocenters. The Labute approximate surface area is 234 Å². The summed E-state index contributed by atoms with van der Waals surface area (Å²) >= 11 is 1.24. The maximum absolute atomic E-state index is 14.1. The Morgan fingerprint density at radius 2 is 1.85 bits per heavy atom. The molecule has 0 spiro atoms. The standard InChI is InChI=1S/C31H27N3O5S/c1-4-37-22-13-10-21(11-14-22)28-27(30(36)38-5-2)19(3)33-31-34(28)29(35)26(40-31)18-24-23-9-7-6-8-20(23)12-15-25(24)39-17-16-32/h6-15,18,28H,4-5,17H2,1-3H3/b26-18-/t28-/m1/s1. The highest BCUT2D eigenvalue weighted by molar-refractivity contribution is 7.07. The minimum atomic E-state index is -0.727. The molecule has 1 atom stereocenters. The van der Waals surface area contributed by atoms with Crippen molar-refractivity contribution in [3.05, 3.63) is 103 Å². The van der Waals surface area contributed by atoms with Crippen LogP contribution < -0.4 is 24.4 Å². The van der Waals surface area contributed by atoms with Crippen LogP contribution in [0.15, 0.2) is 81.7 Å². The van der Waals surface area contributed by atoms with Gasteiger partial charge in [-0.25, -0.2) is 9.79 Å². The van der Waals surface area contributed by atoms with Crippen molar-refractivity contribution in [1.29, 1.82) is 5.26 Å². The van der Waals surface area contributed by atoms with Crippen LogP contribution in [0.2, 0.25) is 0 Å². The molecular weight excluding hydrogens is 526 g/mol. The molecule has 9 heteroatoms. The van der Waals surface area contributed by atoms with E-state index in [4.69, 9.17) is 19.5 Å². The topological polar surface area (TPSA) is 103 Å². The third-order valence-electron chi connectivity index (χ3n) is 6.52.